The van der Waals surface area contributed by atoms with Crippen LogP contribution in [-0.2, 0) is 4.79 Å². The first kappa shape index (κ1) is 16.0. The van der Waals surface area contributed by atoms with Crippen molar-refractivity contribution in [2.75, 3.05) is 5.32 Å². The summed E-state index contributed by atoms with van der Waals surface area (Å²) in [5, 5.41) is 10.8. The molecule has 0 saturated carbocycles. The molecule has 4 N–H and O–H groups in total. The maximum absolute atomic E-state index is 12.6. The molecule has 1 unspecified atom stereocenters. The fourth-order valence-electron chi connectivity index (χ4n) is 1.32. The van der Waals surface area contributed by atoms with Gasteiger partial charge in [0.2, 0.25) is 0 Å². The zero-order chi connectivity index (χ0) is 15.7. The Bertz CT molecular complexity index is 553. The molecule has 0 bridgehead atoms. The Hall–Kier alpha value is -2.09. The minimum Gasteiger partial charge on any atom is -0.478 e. The highest BCUT2D eigenvalue weighted by Gasteiger charge is 2.54. The van der Waals surface area contributed by atoms with E-state index in [9.17, 15) is 22.8 Å². The summed E-state index contributed by atoms with van der Waals surface area (Å²) in [7, 11) is 0. The van der Waals surface area contributed by atoms with Crippen molar-refractivity contribution in [2.24, 2.45) is 5.73 Å². The number of carboxylic acid groups (broad SMARTS) is 1. The quantitative estimate of drug-likeness (QED) is 0.793. The molecule has 1 aromatic rings. The third kappa shape index (κ3) is 3.08. The summed E-state index contributed by atoms with van der Waals surface area (Å²) in [5.74, 6) is -2.60. The van der Waals surface area contributed by atoms with Crippen LogP contribution in [0.5, 0.6) is 0 Å². The summed E-state index contributed by atoms with van der Waals surface area (Å²) in [4.78, 5) is 22.3. The number of aromatic carboxylic acids is 1. The third-order valence-electron chi connectivity index (χ3n) is 2.78. The van der Waals surface area contributed by atoms with Gasteiger partial charge in [-0.05, 0) is 37.6 Å². The number of carbonyl (C=O) groups is 2. The van der Waals surface area contributed by atoms with E-state index in [-0.39, 0.29) is 11.3 Å². The van der Waals surface area contributed by atoms with Crippen LogP contribution in [0.2, 0.25) is 0 Å². The van der Waals surface area contributed by atoms with Crippen molar-refractivity contribution in [2.45, 2.75) is 25.6 Å². The number of nitrogens with one attached hydrogen (secondary N) is 1. The average Bonchev–Trinajstić information content (AvgIpc) is 2.29. The molecule has 5 nitrogen and oxygen atoms in total. The number of amides is 1. The fraction of sp³-hybridized carbons (Fsp3) is 0.333. The van der Waals surface area contributed by atoms with Crippen molar-refractivity contribution in [1.29, 1.82) is 0 Å². The van der Waals surface area contributed by atoms with Crippen LogP contribution in [0.25, 0.3) is 0 Å². The number of benzene rings is 1. The highest BCUT2D eigenvalue weighted by molar-refractivity contribution is 5.99. The number of rotatable bonds is 3. The lowest BCUT2D eigenvalue weighted by atomic mass is 10.0. The topological polar surface area (TPSA) is 92.4 Å². The summed E-state index contributed by atoms with van der Waals surface area (Å²) in [6.45, 7) is 2.02. The van der Waals surface area contributed by atoms with Gasteiger partial charge < -0.3 is 16.2 Å². The molecule has 0 aliphatic carbocycles. The van der Waals surface area contributed by atoms with Crippen molar-refractivity contribution in [1.82, 2.24) is 0 Å². The number of anilines is 1. The highest BCUT2D eigenvalue weighted by Crippen LogP contribution is 2.29. The van der Waals surface area contributed by atoms with Crippen molar-refractivity contribution in [3.05, 3.63) is 29.3 Å². The second kappa shape index (κ2) is 5.12. The van der Waals surface area contributed by atoms with Gasteiger partial charge in [0, 0.05) is 5.69 Å². The molecule has 0 aliphatic heterocycles. The van der Waals surface area contributed by atoms with E-state index in [4.69, 9.17) is 10.8 Å². The number of nitrogens with two attached hydrogens (primary N) is 1. The number of carboxylic acids is 1. The van der Waals surface area contributed by atoms with E-state index in [1.807, 2.05) is 5.32 Å². The SMILES string of the molecule is Cc1cc(C(=O)O)ccc1NC(=O)C(C)(N)C(F)(F)F. The Kier molecular flexibility index (Phi) is 4.09. The van der Waals surface area contributed by atoms with Crippen LogP contribution >= 0.6 is 0 Å². The predicted molar refractivity (Wildman–Crippen MR) is 65.4 cm³/mol. The molecular formula is C12H13F3N2O3. The fourth-order valence-corrected chi connectivity index (χ4v) is 1.32. The number of aryl methyl sites for hydroxylation is 1. The van der Waals surface area contributed by atoms with E-state index in [0.29, 0.717) is 12.5 Å². The van der Waals surface area contributed by atoms with Gasteiger partial charge in [-0.1, -0.05) is 0 Å². The van der Waals surface area contributed by atoms with Gasteiger partial charge in [0.05, 0.1) is 5.56 Å². The van der Waals surface area contributed by atoms with Gasteiger partial charge in [-0.3, -0.25) is 4.79 Å². The molecule has 0 heterocycles. The van der Waals surface area contributed by atoms with Crippen molar-refractivity contribution >= 4 is 17.6 Å². The Balaban J connectivity index is 3.00. The predicted octanol–water partition coefficient (Wildman–Crippen LogP) is 1.91. The Morgan fingerprint density at radius 1 is 1.30 bits per heavy atom. The summed E-state index contributed by atoms with van der Waals surface area (Å²) >= 11 is 0. The van der Waals surface area contributed by atoms with Gasteiger partial charge in [0.1, 0.15) is 0 Å². The Labute approximate surface area is 112 Å². The minimum absolute atomic E-state index is 0.0353. The Morgan fingerprint density at radius 3 is 2.25 bits per heavy atom. The van der Waals surface area contributed by atoms with E-state index >= 15 is 0 Å². The molecule has 8 heteroatoms. The molecular weight excluding hydrogens is 277 g/mol. The van der Waals surface area contributed by atoms with Crippen molar-refractivity contribution < 1.29 is 27.9 Å². The van der Waals surface area contributed by atoms with Crippen molar-refractivity contribution in [3.8, 4) is 0 Å². The molecule has 1 atom stereocenters. The van der Waals surface area contributed by atoms with Crippen LogP contribution in [0.15, 0.2) is 18.2 Å². The van der Waals surface area contributed by atoms with E-state index in [0.717, 1.165) is 0 Å². The number of carbonyl (C=O) groups excluding carboxylic acids is 1. The molecule has 0 spiro atoms. The smallest absolute Gasteiger partial charge is 0.415 e. The van der Waals surface area contributed by atoms with Crippen LogP contribution in [0, 0.1) is 6.92 Å². The van der Waals surface area contributed by atoms with Crippen LogP contribution in [0.1, 0.15) is 22.8 Å². The van der Waals surface area contributed by atoms with Crippen LogP contribution < -0.4 is 11.1 Å². The van der Waals surface area contributed by atoms with E-state index < -0.39 is 23.6 Å². The summed E-state index contributed by atoms with van der Waals surface area (Å²) in [6, 6.07) is 3.62. The van der Waals surface area contributed by atoms with Crippen LogP contribution in [0.3, 0.4) is 0 Å². The zero-order valence-electron chi connectivity index (χ0n) is 10.7. The van der Waals surface area contributed by atoms with Gasteiger partial charge in [-0.15, -0.1) is 0 Å². The molecule has 0 aromatic heterocycles. The molecule has 1 rings (SSSR count). The molecule has 0 aliphatic rings. The van der Waals surface area contributed by atoms with E-state index in [1.165, 1.54) is 25.1 Å². The first-order valence-corrected chi connectivity index (χ1v) is 5.48. The number of halogens is 3. The van der Waals surface area contributed by atoms with Gasteiger partial charge in [0.25, 0.3) is 5.91 Å². The van der Waals surface area contributed by atoms with E-state index in [1.54, 1.807) is 0 Å². The molecule has 0 saturated heterocycles. The minimum atomic E-state index is -4.90. The highest BCUT2D eigenvalue weighted by atomic mass is 19.4. The van der Waals surface area contributed by atoms with Gasteiger partial charge in [-0.25, -0.2) is 4.79 Å². The molecule has 1 aromatic carbocycles. The molecule has 110 valence electrons. The summed E-state index contributed by atoms with van der Waals surface area (Å²) in [5.41, 5.74) is 2.30. The van der Waals surface area contributed by atoms with Gasteiger partial charge in [0.15, 0.2) is 5.54 Å². The molecule has 20 heavy (non-hydrogen) atoms. The summed E-state index contributed by atoms with van der Waals surface area (Å²) < 4.78 is 37.8. The largest absolute Gasteiger partial charge is 0.478 e. The first-order chi connectivity index (χ1) is 8.96. The lowest BCUT2D eigenvalue weighted by molar-refractivity contribution is -0.184. The number of alkyl halides is 3. The number of hydrogen-bond donors (Lipinski definition) is 3. The number of hydrogen-bond acceptors (Lipinski definition) is 3. The van der Waals surface area contributed by atoms with Crippen LogP contribution in [-0.4, -0.2) is 28.7 Å². The van der Waals surface area contributed by atoms with E-state index in [2.05, 4.69) is 0 Å². The maximum Gasteiger partial charge on any atom is 0.415 e. The van der Waals surface area contributed by atoms with Crippen LogP contribution in [0.4, 0.5) is 18.9 Å². The Morgan fingerprint density at radius 2 is 1.85 bits per heavy atom. The molecule has 1 amide bonds. The van der Waals surface area contributed by atoms with Gasteiger partial charge >= 0.3 is 12.1 Å². The average molecular weight is 290 g/mol. The standard InChI is InChI=1S/C12H13F3N2O3/c1-6-5-7(9(18)19)3-4-8(6)17-10(20)11(2,16)12(13,14)15/h3-5H,16H2,1-2H3,(H,17,20)(H,18,19). The van der Waals surface area contributed by atoms with Crippen molar-refractivity contribution in [3.63, 3.8) is 0 Å². The monoisotopic (exact) mass is 290 g/mol. The normalized spacial score (nSPS) is 14.5. The lowest BCUT2D eigenvalue weighted by Crippen LogP contribution is -2.59. The maximum atomic E-state index is 12.6. The summed E-state index contributed by atoms with van der Waals surface area (Å²) in [6.07, 6.45) is -4.90. The lowest BCUT2D eigenvalue weighted by Gasteiger charge is -2.26. The van der Waals surface area contributed by atoms with Gasteiger partial charge in [-0.2, -0.15) is 13.2 Å². The second-order valence-corrected chi connectivity index (χ2v) is 4.49. The zero-order valence-corrected chi connectivity index (χ0v) is 10.7. The first-order valence-electron chi connectivity index (χ1n) is 5.48. The molecule has 0 radical (unpaired) electrons. The molecule has 0 fully saturated rings. The third-order valence-corrected chi connectivity index (χ3v) is 2.78. The second-order valence-electron chi connectivity index (χ2n) is 4.49.